The third-order valence-corrected chi connectivity index (χ3v) is 2.48. The van der Waals surface area contributed by atoms with Crippen molar-refractivity contribution in [1.29, 1.82) is 0 Å². The molecule has 0 aliphatic carbocycles. The Morgan fingerprint density at radius 2 is 2.44 bits per heavy atom. The standard InChI is InChI=1S/C9H12N2O5/c12-4-6-5(13)3-8(16-6)11-2-1-7(14)10-9(11)15/h1-2,5-6,8,12-13H,3-4H2,(H,10,14,15)/t5-,6+,8+/m0/s1/i1T. The molecule has 0 spiro atoms. The van der Waals surface area contributed by atoms with Crippen molar-refractivity contribution in [3.8, 4) is 0 Å². The van der Waals surface area contributed by atoms with E-state index >= 15 is 0 Å². The molecular formula is C9H12N2O5. The van der Waals surface area contributed by atoms with Gasteiger partial charge in [-0.05, 0) is 0 Å². The van der Waals surface area contributed by atoms with Gasteiger partial charge in [-0.2, -0.15) is 0 Å². The molecule has 1 aliphatic heterocycles. The number of aliphatic hydroxyl groups excluding tert-OH is 2. The largest absolute Gasteiger partial charge is 0.394 e. The molecule has 7 heteroatoms. The summed E-state index contributed by atoms with van der Waals surface area (Å²) >= 11 is 0. The second-order valence-corrected chi connectivity index (χ2v) is 3.55. The molecule has 1 aliphatic rings. The lowest BCUT2D eigenvalue weighted by atomic mass is 10.2. The first kappa shape index (κ1) is 9.76. The molecule has 0 aromatic carbocycles. The highest BCUT2D eigenvalue weighted by Gasteiger charge is 2.34. The fraction of sp³-hybridized carbons (Fsp3) is 0.556. The maximum Gasteiger partial charge on any atom is 0.330 e. The molecule has 0 amide bonds. The van der Waals surface area contributed by atoms with Gasteiger partial charge in [-0.25, -0.2) is 4.79 Å². The molecule has 3 N–H and O–H groups in total. The van der Waals surface area contributed by atoms with Crippen molar-refractivity contribution in [3.05, 3.63) is 33.1 Å². The van der Waals surface area contributed by atoms with Crippen LogP contribution in [0.5, 0.6) is 0 Å². The van der Waals surface area contributed by atoms with Gasteiger partial charge in [0.25, 0.3) is 5.56 Å². The van der Waals surface area contributed by atoms with E-state index in [1.807, 2.05) is 4.98 Å². The highest BCUT2D eigenvalue weighted by atomic mass is 16.5. The van der Waals surface area contributed by atoms with Gasteiger partial charge in [-0.3, -0.25) is 14.3 Å². The summed E-state index contributed by atoms with van der Waals surface area (Å²) in [5, 5.41) is 18.4. The van der Waals surface area contributed by atoms with Crippen LogP contribution in [0.3, 0.4) is 0 Å². The lowest BCUT2D eigenvalue weighted by Crippen LogP contribution is -2.31. The third kappa shape index (κ3) is 1.92. The van der Waals surface area contributed by atoms with Gasteiger partial charge in [0.2, 0.25) is 0 Å². The summed E-state index contributed by atoms with van der Waals surface area (Å²) in [5.41, 5.74) is -1.48. The zero-order valence-corrected chi connectivity index (χ0v) is 8.29. The molecule has 0 saturated carbocycles. The SMILES string of the molecule is [3H]c1cn([C@H]2C[C@H](O)[C@@H](CO)O2)c(=O)[nH]c1=O. The minimum absolute atomic E-state index is 0.122. The first-order chi connectivity index (χ1) is 8.02. The smallest absolute Gasteiger partial charge is 0.330 e. The molecule has 0 unspecified atom stereocenters. The van der Waals surface area contributed by atoms with Gasteiger partial charge < -0.3 is 14.9 Å². The molecule has 2 heterocycles. The van der Waals surface area contributed by atoms with Crippen LogP contribution in [0.2, 0.25) is 0 Å². The minimum Gasteiger partial charge on any atom is -0.394 e. The summed E-state index contributed by atoms with van der Waals surface area (Å²) in [6.07, 6.45) is -1.24. The van der Waals surface area contributed by atoms with E-state index in [0.29, 0.717) is 0 Å². The average Bonchev–Trinajstić information content (AvgIpc) is 2.65. The van der Waals surface area contributed by atoms with Gasteiger partial charge in [0.1, 0.15) is 12.3 Å². The second-order valence-electron chi connectivity index (χ2n) is 3.55. The van der Waals surface area contributed by atoms with E-state index < -0.39 is 29.7 Å². The van der Waals surface area contributed by atoms with Crippen LogP contribution in [0.25, 0.3) is 0 Å². The average molecular weight is 230 g/mol. The molecule has 1 fully saturated rings. The Balaban J connectivity index is 2.34. The second kappa shape index (κ2) is 4.20. The third-order valence-electron chi connectivity index (χ3n) is 2.48. The zero-order valence-electron chi connectivity index (χ0n) is 9.29. The fourth-order valence-electron chi connectivity index (χ4n) is 1.65. The molecule has 2 rings (SSSR count). The number of aromatic nitrogens is 2. The maximum atomic E-state index is 11.5. The molecule has 1 aromatic rings. The molecule has 1 aromatic heterocycles. The van der Waals surface area contributed by atoms with E-state index in [-0.39, 0.29) is 19.1 Å². The van der Waals surface area contributed by atoms with Gasteiger partial charge in [0, 0.05) is 18.7 Å². The Labute approximate surface area is 91.3 Å². The Bertz CT molecular complexity index is 525. The van der Waals surface area contributed by atoms with Crippen molar-refractivity contribution in [2.24, 2.45) is 0 Å². The zero-order chi connectivity index (χ0) is 12.6. The van der Waals surface area contributed by atoms with E-state index in [0.717, 1.165) is 10.8 Å². The number of rotatable bonds is 2. The molecule has 16 heavy (non-hydrogen) atoms. The lowest BCUT2D eigenvalue weighted by molar-refractivity contribution is -0.0459. The molecular weight excluding hydrogens is 216 g/mol. The summed E-state index contributed by atoms with van der Waals surface area (Å²) in [7, 11) is 0. The maximum absolute atomic E-state index is 11.5. The molecule has 88 valence electrons. The number of hydrogen-bond acceptors (Lipinski definition) is 5. The van der Waals surface area contributed by atoms with Gasteiger partial charge in [-0.15, -0.1) is 0 Å². The highest BCUT2D eigenvalue weighted by Crippen LogP contribution is 2.26. The van der Waals surface area contributed by atoms with Crippen molar-refractivity contribution < 1.29 is 16.3 Å². The van der Waals surface area contributed by atoms with Crippen LogP contribution in [0.4, 0.5) is 0 Å². The summed E-state index contributed by atoms with van der Waals surface area (Å²) in [4.78, 5) is 24.5. The number of nitrogens with one attached hydrogen (secondary N) is 1. The van der Waals surface area contributed by atoms with E-state index in [2.05, 4.69) is 0 Å². The van der Waals surface area contributed by atoms with E-state index in [1.165, 1.54) is 0 Å². The van der Waals surface area contributed by atoms with Crippen molar-refractivity contribution in [1.82, 2.24) is 9.55 Å². The minimum atomic E-state index is -0.877. The molecule has 0 bridgehead atoms. The Morgan fingerprint density at radius 1 is 1.69 bits per heavy atom. The van der Waals surface area contributed by atoms with Crippen molar-refractivity contribution >= 4 is 0 Å². The van der Waals surface area contributed by atoms with E-state index in [4.69, 9.17) is 11.2 Å². The molecule has 1 saturated heterocycles. The monoisotopic (exact) mass is 230 g/mol. The number of aromatic amines is 1. The van der Waals surface area contributed by atoms with Crippen LogP contribution in [0.1, 0.15) is 14.0 Å². The van der Waals surface area contributed by atoms with Gasteiger partial charge in [0.05, 0.1) is 14.1 Å². The summed E-state index contributed by atoms with van der Waals surface area (Å²) in [5.74, 6) is 0. The van der Waals surface area contributed by atoms with Crippen LogP contribution < -0.4 is 11.2 Å². The number of nitrogens with zero attached hydrogens (tertiary/aromatic N) is 1. The lowest BCUT2D eigenvalue weighted by Gasteiger charge is -2.13. The number of hydrogen-bond donors (Lipinski definition) is 3. The summed E-state index contributed by atoms with van der Waals surface area (Å²) in [6, 6.07) is -0.366. The Morgan fingerprint density at radius 3 is 3.06 bits per heavy atom. The van der Waals surface area contributed by atoms with E-state index in [9.17, 15) is 14.7 Å². The van der Waals surface area contributed by atoms with Crippen LogP contribution in [-0.2, 0) is 4.74 Å². The van der Waals surface area contributed by atoms with Crippen molar-refractivity contribution in [3.63, 3.8) is 0 Å². The number of ether oxygens (including phenoxy) is 1. The Hall–Kier alpha value is -1.44. The molecule has 7 nitrogen and oxygen atoms in total. The highest BCUT2D eigenvalue weighted by molar-refractivity contribution is 4.88. The van der Waals surface area contributed by atoms with Gasteiger partial charge in [0.15, 0.2) is 0 Å². The quantitative estimate of drug-likeness (QED) is 0.554. The van der Waals surface area contributed by atoms with Crippen LogP contribution in [-0.4, -0.2) is 38.6 Å². The normalized spacial score (nSPS) is 30.4. The molecule has 0 radical (unpaired) electrons. The van der Waals surface area contributed by atoms with E-state index in [1.54, 1.807) is 0 Å². The van der Waals surface area contributed by atoms with Crippen LogP contribution in [0.15, 0.2) is 21.8 Å². The summed E-state index contributed by atoms with van der Waals surface area (Å²) in [6.45, 7) is -0.358. The predicted octanol–water partition coefficient (Wildman–Crippen LogP) is -1.82. The fourth-order valence-corrected chi connectivity index (χ4v) is 1.65. The van der Waals surface area contributed by atoms with Crippen LogP contribution >= 0.6 is 0 Å². The van der Waals surface area contributed by atoms with Gasteiger partial charge >= 0.3 is 5.69 Å². The first-order valence-corrected chi connectivity index (χ1v) is 4.79. The van der Waals surface area contributed by atoms with Crippen LogP contribution in [0, 0.1) is 0 Å². The summed E-state index contributed by atoms with van der Waals surface area (Å²) < 4.78 is 13.6. The predicted molar refractivity (Wildman–Crippen MR) is 52.9 cm³/mol. The topological polar surface area (TPSA) is 105 Å². The number of H-pyrrole nitrogens is 1. The molecule has 3 atom stereocenters. The van der Waals surface area contributed by atoms with Crippen molar-refractivity contribution in [2.75, 3.05) is 6.61 Å². The number of aliphatic hydroxyl groups is 2. The Kier molecular flexibility index (Phi) is 2.56. The first-order valence-electron chi connectivity index (χ1n) is 5.29. The van der Waals surface area contributed by atoms with Crippen molar-refractivity contribution in [2.45, 2.75) is 24.9 Å². The van der Waals surface area contributed by atoms with Gasteiger partial charge in [-0.1, -0.05) is 0 Å².